The quantitative estimate of drug-likeness (QED) is 0.793. The second-order valence-corrected chi connectivity index (χ2v) is 5.68. The van der Waals surface area contributed by atoms with Gasteiger partial charge in [0.1, 0.15) is 0 Å². The maximum atomic E-state index is 11.7. The Morgan fingerprint density at radius 1 is 1.25 bits per heavy atom. The van der Waals surface area contributed by atoms with Crippen molar-refractivity contribution in [2.45, 2.75) is 38.5 Å². The highest BCUT2D eigenvalue weighted by atomic mass is 16.3. The first-order chi connectivity index (χ1) is 7.62. The van der Waals surface area contributed by atoms with Gasteiger partial charge in [0, 0.05) is 27.1 Å². The average Bonchev–Trinajstić information content (AvgIpc) is 2.85. The maximum Gasteiger partial charge on any atom is 0.222 e. The Kier molecular flexibility index (Phi) is 3.24. The van der Waals surface area contributed by atoms with Crippen LogP contribution in [-0.2, 0) is 4.79 Å². The fraction of sp³-hybridized carbons (Fsp3) is 0.923. The Hall–Kier alpha value is -0.570. The summed E-state index contributed by atoms with van der Waals surface area (Å²) in [5.41, 5.74) is 0.332. The molecule has 0 aliphatic heterocycles. The molecule has 0 bridgehead atoms. The van der Waals surface area contributed by atoms with E-state index < -0.39 is 0 Å². The van der Waals surface area contributed by atoms with E-state index in [1.54, 1.807) is 4.90 Å². The molecule has 3 nitrogen and oxygen atoms in total. The molecular formula is C13H23NO2. The van der Waals surface area contributed by atoms with E-state index >= 15 is 0 Å². The molecule has 1 N–H and O–H groups in total. The molecule has 2 fully saturated rings. The van der Waals surface area contributed by atoms with E-state index in [1.807, 2.05) is 14.1 Å². The minimum Gasteiger partial charge on any atom is -0.396 e. The third-order valence-corrected chi connectivity index (χ3v) is 4.73. The van der Waals surface area contributed by atoms with Crippen molar-refractivity contribution in [3.8, 4) is 0 Å². The predicted octanol–water partition coefficient (Wildman–Crippen LogP) is 1.65. The first-order valence-electron chi connectivity index (χ1n) is 6.43. The van der Waals surface area contributed by atoms with Crippen LogP contribution in [0.2, 0.25) is 0 Å². The Morgan fingerprint density at radius 3 is 2.38 bits per heavy atom. The molecule has 0 saturated heterocycles. The zero-order chi connectivity index (χ0) is 11.8. The molecule has 1 spiro atoms. The number of hydrogen-bond donors (Lipinski definition) is 1. The first kappa shape index (κ1) is 11.9. The van der Waals surface area contributed by atoms with Crippen LogP contribution in [0.5, 0.6) is 0 Å². The van der Waals surface area contributed by atoms with Crippen molar-refractivity contribution in [1.29, 1.82) is 0 Å². The lowest BCUT2D eigenvalue weighted by Gasteiger charge is -2.23. The standard InChI is InChI=1S/C13H23NO2/c1-14(2)12(16)8-10-11(9-15)13(10)6-4-3-5-7-13/h10-11,15H,3-9H2,1-2H3/t10-,11-/m1/s1. The first-order valence-corrected chi connectivity index (χ1v) is 6.43. The summed E-state index contributed by atoms with van der Waals surface area (Å²) in [5.74, 6) is 1.07. The number of carbonyl (C=O) groups excluding carboxylic acids is 1. The fourth-order valence-corrected chi connectivity index (χ4v) is 3.65. The lowest BCUT2D eigenvalue weighted by molar-refractivity contribution is -0.129. The summed E-state index contributed by atoms with van der Waals surface area (Å²) < 4.78 is 0. The van der Waals surface area contributed by atoms with Crippen molar-refractivity contribution in [1.82, 2.24) is 4.90 Å². The number of aliphatic hydroxyl groups is 1. The van der Waals surface area contributed by atoms with E-state index in [2.05, 4.69) is 0 Å². The van der Waals surface area contributed by atoms with E-state index in [0.717, 1.165) is 0 Å². The van der Waals surface area contributed by atoms with Crippen molar-refractivity contribution in [2.75, 3.05) is 20.7 Å². The third kappa shape index (κ3) is 1.86. The molecule has 16 heavy (non-hydrogen) atoms. The third-order valence-electron chi connectivity index (χ3n) is 4.73. The molecule has 3 heteroatoms. The lowest BCUT2D eigenvalue weighted by atomic mass is 9.82. The zero-order valence-corrected chi connectivity index (χ0v) is 10.4. The number of rotatable bonds is 3. The summed E-state index contributed by atoms with van der Waals surface area (Å²) in [6.45, 7) is 0.269. The smallest absolute Gasteiger partial charge is 0.222 e. The highest BCUT2D eigenvalue weighted by Gasteiger charge is 2.63. The number of aliphatic hydroxyl groups excluding tert-OH is 1. The molecule has 0 aromatic rings. The van der Waals surface area contributed by atoms with Crippen LogP contribution >= 0.6 is 0 Å². The topological polar surface area (TPSA) is 40.5 Å². The summed E-state index contributed by atoms with van der Waals surface area (Å²) in [5, 5.41) is 9.42. The van der Waals surface area contributed by atoms with Gasteiger partial charge < -0.3 is 10.0 Å². The monoisotopic (exact) mass is 225 g/mol. The summed E-state index contributed by atoms with van der Waals surface area (Å²) >= 11 is 0. The van der Waals surface area contributed by atoms with Gasteiger partial charge in [-0.2, -0.15) is 0 Å². The van der Waals surface area contributed by atoms with Crippen LogP contribution in [0.1, 0.15) is 38.5 Å². The second kappa shape index (κ2) is 4.36. The normalized spacial score (nSPS) is 31.4. The van der Waals surface area contributed by atoms with Crippen LogP contribution in [-0.4, -0.2) is 36.6 Å². The van der Waals surface area contributed by atoms with E-state index in [-0.39, 0.29) is 12.5 Å². The lowest BCUT2D eigenvalue weighted by Crippen LogP contribution is -2.23. The largest absolute Gasteiger partial charge is 0.396 e. The van der Waals surface area contributed by atoms with Gasteiger partial charge in [-0.3, -0.25) is 4.79 Å². The molecule has 92 valence electrons. The molecule has 2 aliphatic rings. The summed E-state index contributed by atoms with van der Waals surface area (Å²) in [4.78, 5) is 13.4. The summed E-state index contributed by atoms with van der Waals surface area (Å²) in [6.07, 6.45) is 6.98. The minimum absolute atomic E-state index is 0.214. The second-order valence-electron chi connectivity index (χ2n) is 5.68. The number of hydrogen-bond acceptors (Lipinski definition) is 2. The van der Waals surface area contributed by atoms with E-state index in [4.69, 9.17) is 0 Å². The van der Waals surface area contributed by atoms with Gasteiger partial charge in [-0.25, -0.2) is 0 Å². The Balaban J connectivity index is 1.97. The summed E-state index contributed by atoms with van der Waals surface area (Å²) in [6, 6.07) is 0. The Labute approximate surface area is 97.8 Å². The van der Waals surface area contributed by atoms with Gasteiger partial charge in [-0.15, -0.1) is 0 Å². The molecule has 2 rings (SSSR count). The van der Waals surface area contributed by atoms with E-state index in [0.29, 0.717) is 23.7 Å². The maximum absolute atomic E-state index is 11.7. The predicted molar refractivity (Wildman–Crippen MR) is 62.9 cm³/mol. The number of nitrogens with zero attached hydrogens (tertiary/aromatic N) is 1. The SMILES string of the molecule is CN(C)C(=O)C[C@@H]1[C@@H](CO)C12CCCCC2. The number of amides is 1. The van der Waals surface area contributed by atoms with Gasteiger partial charge in [-0.1, -0.05) is 19.3 Å². The fourth-order valence-electron chi connectivity index (χ4n) is 3.65. The molecular weight excluding hydrogens is 202 g/mol. The molecule has 2 aliphatic carbocycles. The van der Waals surface area contributed by atoms with Gasteiger partial charge >= 0.3 is 0 Å². The van der Waals surface area contributed by atoms with Gasteiger partial charge in [0.15, 0.2) is 0 Å². The minimum atomic E-state index is 0.214. The van der Waals surface area contributed by atoms with Crippen LogP contribution in [0, 0.1) is 17.3 Å². The molecule has 2 saturated carbocycles. The average molecular weight is 225 g/mol. The molecule has 0 heterocycles. The highest BCUT2D eigenvalue weighted by Crippen LogP contribution is 2.67. The summed E-state index contributed by atoms with van der Waals surface area (Å²) in [7, 11) is 3.62. The van der Waals surface area contributed by atoms with Crippen LogP contribution < -0.4 is 0 Å². The number of carbonyl (C=O) groups is 1. The molecule has 1 amide bonds. The highest BCUT2D eigenvalue weighted by molar-refractivity contribution is 5.76. The van der Waals surface area contributed by atoms with Crippen LogP contribution in [0.4, 0.5) is 0 Å². The molecule has 0 aromatic carbocycles. The van der Waals surface area contributed by atoms with E-state index in [9.17, 15) is 9.90 Å². The van der Waals surface area contributed by atoms with Crippen LogP contribution in [0.3, 0.4) is 0 Å². The molecule has 2 atom stereocenters. The van der Waals surface area contributed by atoms with Gasteiger partial charge in [0.25, 0.3) is 0 Å². The Morgan fingerprint density at radius 2 is 1.88 bits per heavy atom. The van der Waals surface area contributed by atoms with E-state index in [1.165, 1.54) is 32.1 Å². The molecule has 0 unspecified atom stereocenters. The van der Waals surface area contributed by atoms with Crippen molar-refractivity contribution in [2.24, 2.45) is 17.3 Å². The van der Waals surface area contributed by atoms with Crippen molar-refractivity contribution in [3.05, 3.63) is 0 Å². The molecule has 0 aromatic heterocycles. The van der Waals surface area contributed by atoms with Crippen molar-refractivity contribution < 1.29 is 9.90 Å². The van der Waals surface area contributed by atoms with Gasteiger partial charge in [-0.05, 0) is 30.1 Å². The van der Waals surface area contributed by atoms with Gasteiger partial charge in [0.05, 0.1) is 0 Å². The molecule has 0 radical (unpaired) electrons. The van der Waals surface area contributed by atoms with Crippen LogP contribution in [0.25, 0.3) is 0 Å². The zero-order valence-electron chi connectivity index (χ0n) is 10.4. The van der Waals surface area contributed by atoms with Gasteiger partial charge in [0.2, 0.25) is 5.91 Å². The van der Waals surface area contributed by atoms with Crippen LogP contribution in [0.15, 0.2) is 0 Å². The van der Waals surface area contributed by atoms with Crippen molar-refractivity contribution >= 4 is 5.91 Å². The van der Waals surface area contributed by atoms with Crippen molar-refractivity contribution in [3.63, 3.8) is 0 Å². The Bertz CT molecular complexity index is 269.